The Balaban J connectivity index is 2.95. The molecule has 1 nitrogen and oxygen atoms in total. The van der Waals surface area contributed by atoms with Crippen LogP contribution in [0.5, 0.6) is 0 Å². The second-order valence-electron chi connectivity index (χ2n) is 4.32. The molecule has 3 heteroatoms. The van der Waals surface area contributed by atoms with E-state index in [1.165, 1.54) is 12.1 Å². The number of benzene rings is 1. The fourth-order valence-corrected chi connectivity index (χ4v) is 1.51. The Labute approximate surface area is 102 Å². The minimum absolute atomic E-state index is 0.332. The fourth-order valence-electron chi connectivity index (χ4n) is 1.51. The van der Waals surface area contributed by atoms with E-state index in [1.54, 1.807) is 6.08 Å². The van der Waals surface area contributed by atoms with Gasteiger partial charge in [-0.25, -0.2) is 8.78 Å². The smallest absolute Gasteiger partial charge is 0.133 e. The molecule has 0 atom stereocenters. The first-order valence-corrected chi connectivity index (χ1v) is 5.90. The molecule has 0 aromatic heterocycles. The molecule has 0 spiro atoms. The molecule has 0 aliphatic carbocycles. The van der Waals surface area contributed by atoms with E-state index in [9.17, 15) is 8.78 Å². The zero-order valence-electron chi connectivity index (χ0n) is 10.6. The van der Waals surface area contributed by atoms with Crippen LogP contribution in [0.4, 0.5) is 8.78 Å². The van der Waals surface area contributed by atoms with Gasteiger partial charge in [0.15, 0.2) is 0 Å². The maximum atomic E-state index is 13.5. The lowest BCUT2D eigenvalue weighted by molar-refractivity contribution is 0.581. The minimum Gasteiger partial charge on any atom is -0.313 e. The number of rotatable bonds is 5. The highest BCUT2D eigenvalue weighted by atomic mass is 19.1. The third-order valence-electron chi connectivity index (χ3n) is 2.62. The molecule has 0 aliphatic rings. The zero-order valence-corrected chi connectivity index (χ0v) is 10.6. The van der Waals surface area contributed by atoms with Crippen molar-refractivity contribution in [3.05, 3.63) is 41.0 Å². The summed E-state index contributed by atoms with van der Waals surface area (Å²) >= 11 is 0. The summed E-state index contributed by atoms with van der Waals surface area (Å²) in [5, 5.41) is 3.22. The Morgan fingerprint density at radius 2 is 2.06 bits per heavy atom. The zero-order chi connectivity index (χ0) is 12.8. The van der Waals surface area contributed by atoms with Gasteiger partial charge in [0.25, 0.3) is 0 Å². The van der Waals surface area contributed by atoms with E-state index in [0.717, 1.165) is 24.7 Å². The average Bonchev–Trinajstić information content (AvgIpc) is 2.26. The summed E-state index contributed by atoms with van der Waals surface area (Å²) in [7, 11) is 0. The lowest BCUT2D eigenvalue weighted by Gasteiger charge is -2.12. The normalized spacial score (nSPS) is 12.2. The van der Waals surface area contributed by atoms with E-state index in [0.29, 0.717) is 11.5 Å². The molecule has 0 unspecified atom stereocenters. The molecule has 0 saturated carbocycles. The van der Waals surface area contributed by atoms with Gasteiger partial charge >= 0.3 is 0 Å². The van der Waals surface area contributed by atoms with Crippen LogP contribution in [-0.2, 0) is 0 Å². The summed E-state index contributed by atoms with van der Waals surface area (Å²) in [5.41, 5.74) is 1.55. The largest absolute Gasteiger partial charge is 0.313 e. The lowest BCUT2D eigenvalue weighted by Crippen LogP contribution is -2.18. The van der Waals surface area contributed by atoms with Crippen LogP contribution in [0.25, 0.3) is 6.08 Å². The third-order valence-corrected chi connectivity index (χ3v) is 2.62. The van der Waals surface area contributed by atoms with Crippen LogP contribution in [0, 0.1) is 17.6 Å². The van der Waals surface area contributed by atoms with Crippen molar-refractivity contribution in [2.45, 2.75) is 20.8 Å². The van der Waals surface area contributed by atoms with Gasteiger partial charge in [-0.2, -0.15) is 0 Å². The summed E-state index contributed by atoms with van der Waals surface area (Å²) in [6, 6.07) is 3.66. The molecule has 1 N–H and O–H groups in total. The third kappa shape index (κ3) is 4.27. The van der Waals surface area contributed by atoms with Crippen LogP contribution in [-0.4, -0.2) is 13.1 Å². The molecule has 94 valence electrons. The number of halogens is 2. The highest BCUT2D eigenvalue weighted by Gasteiger charge is 2.06. The van der Waals surface area contributed by atoms with E-state index in [-0.39, 0.29) is 0 Å². The second kappa shape index (κ2) is 6.50. The lowest BCUT2D eigenvalue weighted by atomic mass is 10.00. The van der Waals surface area contributed by atoms with Crippen molar-refractivity contribution in [3.63, 3.8) is 0 Å². The Morgan fingerprint density at radius 3 is 2.59 bits per heavy atom. The van der Waals surface area contributed by atoms with E-state index in [1.807, 2.05) is 6.92 Å². The number of nitrogens with one attached hydrogen (secondary N) is 1. The monoisotopic (exact) mass is 239 g/mol. The van der Waals surface area contributed by atoms with Gasteiger partial charge in [-0.05, 0) is 24.6 Å². The first-order chi connectivity index (χ1) is 8.04. The topological polar surface area (TPSA) is 12.0 Å². The molecular weight excluding hydrogens is 220 g/mol. The second-order valence-corrected chi connectivity index (χ2v) is 4.32. The molecule has 0 bridgehead atoms. The van der Waals surface area contributed by atoms with Gasteiger partial charge in [0.2, 0.25) is 0 Å². The summed E-state index contributed by atoms with van der Waals surface area (Å²) in [6.07, 6.45) is 1.79. The summed E-state index contributed by atoms with van der Waals surface area (Å²) in [6.45, 7) is 7.74. The predicted molar refractivity (Wildman–Crippen MR) is 67.7 cm³/mol. The van der Waals surface area contributed by atoms with Gasteiger partial charge < -0.3 is 5.32 Å². The Kier molecular flexibility index (Phi) is 5.29. The van der Waals surface area contributed by atoms with Crippen molar-refractivity contribution < 1.29 is 8.78 Å². The van der Waals surface area contributed by atoms with Crippen molar-refractivity contribution in [1.82, 2.24) is 5.32 Å². The molecular formula is C14H19F2N. The van der Waals surface area contributed by atoms with Crippen LogP contribution < -0.4 is 5.32 Å². The van der Waals surface area contributed by atoms with Gasteiger partial charge in [0, 0.05) is 18.2 Å². The molecule has 1 aromatic rings. The van der Waals surface area contributed by atoms with E-state index in [4.69, 9.17) is 0 Å². The summed E-state index contributed by atoms with van der Waals surface area (Å²) in [5.74, 6) is -0.726. The van der Waals surface area contributed by atoms with E-state index in [2.05, 4.69) is 19.2 Å². The highest BCUT2D eigenvalue weighted by molar-refractivity contribution is 5.54. The van der Waals surface area contributed by atoms with Crippen molar-refractivity contribution in [2.75, 3.05) is 13.1 Å². The molecule has 0 heterocycles. The van der Waals surface area contributed by atoms with Crippen molar-refractivity contribution in [1.29, 1.82) is 0 Å². The van der Waals surface area contributed by atoms with Gasteiger partial charge in [-0.15, -0.1) is 0 Å². The molecule has 0 fully saturated rings. The van der Waals surface area contributed by atoms with Crippen LogP contribution in [0.1, 0.15) is 26.3 Å². The maximum Gasteiger partial charge on any atom is 0.133 e. The quantitative estimate of drug-likeness (QED) is 0.827. The predicted octanol–water partition coefficient (Wildman–Crippen LogP) is 3.61. The molecule has 0 saturated heterocycles. The number of hydrogen-bond donors (Lipinski definition) is 1. The SMILES string of the molecule is CCNCC(=Cc1ccc(F)cc1F)C(C)C. The molecule has 1 aromatic carbocycles. The summed E-state index contributed by atoms with van der Waals surface area (Å²) in [4.78, 5) is 0. The Hall–Kier alpha value is -1.22. The Bertz CT molecular complexity index is 397. The van der Waals surface area contributed by atoms with Crippen LogP contribution in [0.3, 0.4) is 0 Å². The summed E-state index contributed by atoms with van der Waals surface area (Å²) < 4.78 is 26.3. The number of likely N-dealkylation sites (N-methyl/N-ethyl adjacent to an activating group) is 1. The Morgan fingerprint density at radius 1 is 1.35 bits per heavy atom. The average molecular weight is 239 g/mol. The molecule has 17 heavy (non-hydrogen) atoms. The molecule has 1 rings (SSSR count). The molecule has 0 radical (unpaired) electrons. The highest BCUT2D eigenvalue weighted by Crippen LogP contribution is 2.17. The van der Waals surface area contributed by atoms with Gasteiger partial charge in [-0.1, -0.05) is 32.4 Å². The maximum absolute atomic E-state index is 13.5. The van der Waals surface area contributed by atoms with Crippen molar-refractivity contribution in [3.8, 4) is 0 Å². The standard InChI is InChI=1S/C14H19F2N/c1-4-17-9-12(10(2)3)7-11-5-6-13(15)8-14(11)16/h5-8,10,17H,4,9H2,1-3H3. The minimum atomic E-state index is -0.544. The fraction of sp³-hybridized carbons (Fsp3) is 0.429. The van der Waals surface area contributed by atoms with Gasteiger partial charge in [0.1, 0.15) is 11.6 Å². The van der Waals surface area contributed by atoms with Crippen LogP contribution in [0.2, 0.25) is 0 Å². The van der Waals surface area contributed by atoms with Gasteiger partial charge in [-0.3, -0.25) is 0 Å². The molecule has 0 amide bonds. The first-order valence-electron chi connectivity index (χ1n) is 5.90. The van der Waals surface area contributed by atoms with Crippen LogP contribution >= 0.6 is 0 Å². The van der Waals surface area contributed by atoms with Crippen molar-refractivity contribution >= 4 is 6.08 Å². The first kappa shape index (κ1) is 13.8. The molecule has 0 aliphatic heterocycles. The van der Waals surface area contributed by atoms with Gasteiger partial charge in [0.05, 0.1) is 0 Å². The van der Waals surface area contributed by atoms with Crippen LogP contribution in [0.15, 0.2) is 23.8 Å². The van der Waals surface area contributed by atoms with E-state index < -0.39 is 11.6 Å². The van der Waals surface area contributed by atoms with Crippen molar-refractivity contribution in [2.24, 2.45) is 5.92 Å². The number of hydrogen-bond acceptors (Lipinski definition) is 1. The van der Waals surface area contributed by atoms with E-state index >= 15 is 0 Å².